The van der Waals surface area contributed by atoms with Crippen LogP contribution < -0.4 is 9.62 Å². The van der Waals surface area contributed by atoms with Crippen LogP contribution in [-0.4, -0.2) is 31.5 Å². The first-order chi connectivity index (χ1) is 14.7. The number of para-hydroxylation sites is 1. The number of rotatable bonds is 9. The Morgan fingerprint density at radius 1 is 1.07 bits per heavy atom. The lowest BCUT2D eigenvalue weighted by Crippen LogP contribution is -2.24. The number of nitrogens with zero attached hydrogens (tertiary/aromatic N) is 1. The van der Waals surface area contributed by atoms with Crippen molar-refractivity contribution in [2.45, 2.75) is 56.9 Å². The molecule has 0 aliphatic carbocycles. The zero-order chi connectivity index (χ0) is 21.3. The first kappa shape index (κ1) is 22.6. The van der Waals surface area contributed by atoms with Gasteiger partial charge >= 0.3 is 5.97 Å². The molecule has 2 aromatic carbocycles. The van der Waals surface area contributed by atoms with Gasteiger partial charge < -0.3 is 14.4 Å². The molecular weight excluding hydrogens is 392 g/mol. The minimum Gasteiger partial charge on any atom is -0.466 e. The molecule has 0 fully saturated rings. The van der Waals surface area contributed by atoms with Crippen LogP contribution in [-0.2, 0) is 9.53 Å². The van der Waals surface area contributed by atoms with Crippen LogP contribution in [0.15, 0.2) is 53.4 Å². The Morgan fingerprint density at radius 2 is 1.77 bits per heavy atom. The predicted octanol–water partition coefficient (Wildman–Crippen LogP) is 5.69. The van der Waals surface area contributed by atoms with E-state index in [0.717, 1.165) is 32.2 Å². The van der Waals surface area contributed by atoms with E-state index < -0.39 is 0 Å². The van der Waals surface area contributed by atoms with E-state index in [4.69, 9.17) is 4.74 Å². The van der Waals surface area contributed by atoms with Gasteiger partial charge in [0.1, 0.15) is 0 Å². The molecule has 0 bridgehead atoms. The molecule has 2 atom stereocenters. The number of carbonyl (C=O) groups is 1. The summed E-state index contributed by atoms with van der Waals surface area (Å²) in [6.45, 7) is 5.44. The van der Waals surface area contributed by atoms with E-state index in [0.29, 0.717) is 13.0 Å². The number of esters is 1. The molecule has 1 heterocycles. The number of benzene rings is 2. The van der Waals surface area contributed by atoms with Crippen LogP contribution in [0.4, 0.5) is 5.69 Å². The van der Waals surface area contributed by atoms with Crippen LogP contribution >= 0.6 is 10.7 Å². The van der Waals surface area contributed by atoms with Gasteiger partial charge in [-0.3, -0.25) is 4.79 Å². The Bertz CT molecular complexity index is 881. The fraction of sp³-hybridized carbons (Fsp3) is 0.440. The lowest BCUT2D eigenvalue weighted by molar-refractivity contribution is -0.143. The van der Waals surface area contributed by atoms with E-state index in [1.807, 2.05) is 6.92 Å². The van der Waals surface area contributed by atoms with Crippen molar-refractivity contribution in [3.63, 3.8) is 0 Å². The highest BCUT2D eigenvalue weighted by Gasteiger charge is 2.27. The minimum atomic E-state index is -0.0745. The van der Waals surface area contributed by atoms with Gasteiger partial charge in [0.2, 0.25) is 0 Å². The molecular formula is C25H34N2O2S. The van der Waals surface area contributed by atoms with Crippen LogP contribution in [0.2, 0.25) is 0 Å². The molecule has 30 heavy (non-hydrogen) atoms. The Kier molecular flexibility index (Phi) is 8.52. The Balaban J connectivity index is 1.67. The van der Waals surface area contributed by atoms with Crippen LogP contribution in [0, 0.1) is 0 Å². The van der Waals surface area contributed by atoms with Gasteiger partial charge in [-0.2, -0.15) is 0 Å². The predicted molar refractivity (Wildman–Crippen MR) is 128 cm³/mol. The van der Waals surface area contributed by atoms with Crippen molar-refractivity contribution in [1.82, 2.24) is 5.32 Å². The van der Waals surface area contributed by atoms with E-state index in [1.54, 1.807) is 0 Å². The van der Waals surface area contributed by atoms with Crippen LogP contribution in [0.1, 0.15) is 63.1 Å². The topological polar surface area (TPSA) is 41.6 Å². The molecule has 1 N–H and O–H groups in total. The molecule has 162 valence electrons. The van der Waals surface area contributed by atoms with Crippen molar-refractivity contribution in [1.29, 1.82) is 0 Å². The van der Waals surface area contributed by atoms with Gasteiger partial charge in [0.05, 0.1) is 18.3 Å². The maximum Gasteiger partial charge on any atom is 0.305 e. The van der Waals surface area contributed by atoms with Gasteiger partial charge in [0.15, 0.2) is 0 Å². The molecule has 1 aliphatic rings. The van der Waals surface area contributed by atoms with Crippen molar-refractivity contribution in [2.75, 3.05) is 24.5 Å². The Morgan fingerprint density at radius 3 is 2.53 bits per heavy atom. The molecule has 0 saturated heterocycles. The average molecular weight is 427 g/mol. The standard InChI is InChI=1S/C25H34N2O2S/c1-4-29-24(28)18-8-6-7-13-19-26-25-20-14-9-11-16-22(20)27(3)30(5-2)23-17-12-10-15-21(23)25/h5,9-12,14-17,25-26H,4,6-8,13,18-19H2,1-3H3. The zero-order valence-electron chi connectivity index (χ0n) is 18.4. The second kappa shape index (κ2) is 11.3. The number of hydrogen-bond donors (Lipinski definition) is 1. The quantitative estimate of drug-likeness (QED) is 0.317. The monoisotopic (exact) mass is 426 g/mol. The largest absolute Gasteiger partial charge is 0.466 e. The zero-order valence-corrected chi connectivity index (χ0v) is 19.2. The second-order valence-corrected chi connectivity index (χ2v) is 9.59. The SMILES string of the molecule is CC=S1c2ccccc2C(NCCCCCCC(=O)OCC)c2ccccc2N1C. The smallest absolute Gasteiger partial charge is 0.305 e. The normalized spacial score (nSPS) is 17.9. The average Bonchev–Trinajstić information content (AvgIpc) is 2.86. The first-order valence-corrected chi connectivity index (χ1v) is 12.2. The van der Waals surface area contributed by atoms with Gasteiger partial charge in [0, 0.05) is 18.4 Å². The third kappa shape index (κ3) is 5.32. The van der Waals surface area contributed by atoms with Crippen molar-refractivity contribution in [2.24, 2.45) is 0 Å². The van der Waals surface area contributed by atoms with Crippen LogP contribution in [0.3, 0.4) is 0 Å². The van der Waals surface area contributed by atoms with Crippen LogP contribution in [0.5, 0.6) is 0 Å². The van der Waals surface area contributed by atoms with Gasteiger partial charge in [-0.15, -0.1) is 0 Å². The summed E-state index contributed by atoms with van der Waals surface area (Å²) in [5.74, 6) is -0.0745. The summed E-state index contributed by atoms with van der Waals surface area (Å²) >= 11 is 0. The van der Waals surface area contributed by atoms with Crippen molar-refractivity contribution < 1.29 is 9.53 Å². The number of carbonyl (C=O) groups excluding carboxylic acids is 1. The summed E-state index contributed by atoms with van der Waals surface area (Å²) in [4.78, 5) is 12.8. The maximum atomic E-state index is 11.4. The molecule has 0 radical (unpaired) electrons. The number of fused-ring (bicyclic) bond motifs is 2. The Labute approximate surface area is 183 Å². The van der Waals surface area contributed by atoms with E-state index in [2.05, 4.69) is 77.5 Å². The van der Waals surface area contributed by atoms with Crippen LogP contribution in [0.25, 0.3) is 0 Å². The van der Waals surface area contributed by atoms with Gasteiger partial charge in [0.25, 0.3) is 0 Å². The highest BCUT2D eigenvalue weighted by atomic mass is 32.2. The molecule has 5 heteroatoms. The summed E-state index contributed by atoms with van der Waals surface area (Å²) in [5.41, 5.74) is 4.01. The number of anilines is 1. The number of nitrogens with one attached hydrogen (secondary N) is 1. The van der Waals surface area contributed by atoms with E-state index >= 15 is 0 Å². The van der Waals surface area contributed by atoms with Gasteiger partial charge in [-0.25, -0.2) is 0 Å². The molecule has 3 rings (SSSR count). The van der Waals surface area contributed by atoms with E-state index in [9.17, 15) is 4.79 Å². The lowest BCUT2D eigenvalue weighted by atomic mass is 9.96. The number of ether oxygens (including phenoxy) is 1. The van der Waals surface area contributed by atoms with E-state index in [-0.39, 0.29) is 22.7 Å². The summed E-state index contributed by atoms with van der Waals surface area (Å²) in [7, 11) is 2.13. The number of unbranched alkanes of at least 4 members (excludes halogenated alkanes) is 3. The molecule has 1 aliphatic heterocycles. The summed E-state index contributed by atoms with van der Waals surface area (Å²) in [6.07, 6.45) is 4.73. The van der Waals surface area contributed by atoms with Crippen molar-refractivity contribution >= 4 is 27.7 Å². The molecule has 0 saturated carbocycles. The third-order valence-electron chi connectivity index (χ3n) is 5.52. The molecule has 0 spiro atoms. The van der Waals surface area contributed by atoms with Gasteiger partial charge in [-0.1, -0.05) is 59.9 Å². The molecule has 0 aromatic heterocycles. The third-order valence-corrected chi connectivity index (χ3v) is 7.58. The highest BCUT2D eigenvalue weighted by Crippen LogP contribution is 2.46. The highest BCUT2D eigenvalue weighted by molar-refractivity contribution is 8.16. The maximum absolute atomic E-state index is 11.4. The summed E-state index contributed by atoms with van der Waals surface area (Å²) in [6, 6.07) is 17.8. The fourth-order valence-corrected chi connectivity index (χ4v) is 5.97. The molecule has 2 unspecified atom stereocenters. The van der Waals surface area contributed by atoms with E-state index in [1.165, 1.54) is 21.7 Å². The summed E-state index contributed by atoms with van der Waals surface area (Å²) in [5, 5.41) is 6.14. The molecule has 2 aromatic rings. The fourth-order valence-electron chi connectivity index (χ4n) is 4.08. The van der Waals surface area contributed by atoms with Crippen molar-refractivity contribution in [3.8, 4) is 0 Å². The van der Waals surface area contributed by atoms with Gasteiger partial charge in [-0.05, 0) is 61.9 Å². The molecule has 0 amide bonds. The Hall–Kier alpha value is -2.11. The first-order valence-electron chi connectivity index (χ1n) is 11.0. The minimum absolute atomic E-state index is 0.0643. The lowest BCUT2D eigenvalue weighted by Gasteiger charge is -2.24. The number of hydrogen-bond acceptors (Lipinski definition) is 4. The summed E-state index contributed by atoms with van der Waals surface area (Å²) < 4.78 is 7.40. The molecule has 4 nitrogen and oxygen atoms in total. The van der Waals surface area contributed by atoms with Crippen molar-refractivity contribution in [3.05, 3.63) is 59.7 Å². The second-order valence-electron chi connectivity index (χ2n) is 7.50.